The lowest BCUT2D eigenvalue weighted by Gasteiger charge is -2.22. The van der Waals surface area contributed by atoms with Gasteiger partial charge in [-0.3, -0.25) is 10.2 Å². The maximum atomic E-state index is 13.4. The first-order valence-corrected chi connectivity index (χ1v) is 13.2. The van der Waals surface area contributed by atoms with Gasteiger partial charge in [-0.15, -0.1) is 0 Å². The molecule has 0 heterocycles. The third kappa shape index (κ3) is 10.1. The van der Waals surface area contributed by atoms with Gasteiger partial charge in [0.1, 0.15) is 18.5 Å². The molecule has 0 aromatic heterocycles. The Morgan fingerprint density at radius 2 is 1.45 bits per heavy atom. The zero-order chi connectivity index (χ0) is 32.1. The van der Waals surface area contributed by atoms with Gasteiger partial charge >= 0.3 is 12.1 Å². The van der Waals surface area contributed by atoms with E-state index in [0.29, 0.717) is 41.5 Å². The number of rotatable bonds is 11. The van der Waals surface area contributed by atoms with Gasteiger partial charge in [0.25, 0.3) is 0 Å². The molecule has 9 nitrogen and oxygen atoms in total. The number of alkyl halides is 3. The molecule has 4 aromatic carbocycles. The van der Waals surface area contributed by atoms with Crippen LogP contribution in [0.3, 0.4) is 0 Å². The minimum absolute atomic E-state index is 0.0143. The van der Waals surface area contributed by atoms with Crippen molar-refractivity contribution in [3.63, 3.8) is 0 Å². The summed E-state index contributed by atoms with van der Waals surface area (Å²) in [5.74, 6) is -1.85. The van der Waals surface area contributed by atoms with E-state index in [1.807, 2.05) is 78.9 Å². The largest absolute Gasteiger partial charge is 0.493 e. The third-order valence-electron chi connectivity index (χ3n) is 6.08. The van der Waals surface area contributed by atoms with Crippen LogP contribution < -0.4 is 25.8 Å². The number of anilines is 1. The van der Waals surface area contributed by atoms with Crippen LogP contribution in [0.2, 0.25) is 0 Å². The fraction of sp³-hybridized carbons (Fsp3) is 0.156. The number of nitrogen functional groups attached to an aromatic ring is 1. The number of amidine groups is 1. The molecular formula is C32H31F3N4O5. The predicted molar refractivity (Wildman–Crippen MR) is 160 cm³/mol. The normalized spacial score (nSPS) is 11.3. The van der Waals surface area contributed by atoms with Gasteiger partial charge in [0, 0.05) is 17.8 Å². The molecule has 4 rings (SSSR count). The second-order valence-corrected chi connectivity index (χ2v) is 9.26. The highest BCUT2D eigenvalue weighted by molar-refractivity contribution is 5.95. The minimum atomic E-state index is -5.08. The number of hydrogen-bond acceptors (Lipinski definition) is 6. The number of carbonyl (C=O) groups excluding carboxylic acids is 1. The number of carboxylic acids is 1. The number of benzene rings is 4. The fourth-order valence-corrected chi connectivity index (χ4v) is 3.82. The summed E-state index contributed by atoms with van der Waals surface area (Å²) in [6.07, 6.45) is -5.08. The highest BCUT2D eigenvalue weighted by Gasteiger charge is 2.38. The van der Waals surface area contributed by atoms with Crippen LogP contribution in [-0.4, -0.2) is 36.1 Å². The van der Waals surface area contributed by atoms with Gasteiger partial charge in [-0.2, -0.15) is 13.2 Å². The predicted octanol–water partition coefficient (Wildman–Crippen LogP) is 5.66. The van der Waals surface area contributed by atoms with E-state index < -0.39 is 18.2 Å². The van der Waals surface area contributed by atoms with Crippen molar-refractivity contribution < 1.29 is 37.3 Å². The van der Waals surface area contributed by atoms with Gasteiger partial charge in [0.2, 0.25) is 5.91 Å². The summed E-state index contributed by atoms with van der Waals surface area (Å²) < 4.78 is 43.3. The molecule has 0 saturated heterocycles. The van der Waals surface area contributed by atoms with Crippen LogP contribution in [0.25, 0.3) is 0 Å². The molecule has 0 fully saturated rings. The Labute approximate surface area is 251 Å². The van der Waals surface area contributed by atoms with Crippen LogP contribution in [0.1, 0.15) is 28.3 Å². The average molecular weight is 609 g/mol. The Kier molecular flexibility index (Phi) is 11.7. The molecule has 1 unspecified atom stereocenters. The summed E-state index contributed by atoms with van der Waals surface area (Å²) in [7, 11) is 1.58. The van der Waals surface area contributed by atoms with Crippen molar-refractivity contribution in [1.29, 1.82) is 5.41 Å². The first-order valence-electron chi connectivity index (χ1n) is 13.2. The van der Waals surface area contributed by atoms with Crippen LogP contribution in [0.4, 0.5) is 18.9 Å². The summed E-state index contributed by atoms with van der Waals surface area (Å²) in [4.78, 5) is 22.3. The second-order valence-electron chi connectivity index (χ2n) is 9.26. The molecule has 12 heteroatoms. The van der Waals surface area contributed by atoms with E-state index in [1.54, 1.807) is 31.4 Å². The van der Waals surface area contributed by atoms with Crippen molar-refractivity contribution in [2.24, 2.45) is 5.73 Å². The van der Waals surface area contributed by atoms with E-state index in [-0.39, 0.29) is 11.7 Å². The van der Waals surface area contributed by atoms with Crippen molar-refractivity contribution in [2.75, 3.05) is 12.4 Å². The van der Waals surface area contributed by atoms with Crippen LogP contribution in [0.5, 0.6) is 11.5 Å². The van der Waals surface area contributed by atoms with E-state index in [0.717, 1.165) is 11.1 Å². The lowest BCUT2D eigenvalue weighted by Crippen LogP contribution is -2.33. The van der Waals surface area contributed by atoms with Crippen molar-refractivity contribution in [1.82, 2.24) is 5.32 Å². The summed E-state index contributed by atoms with van der Waals surface area (Å²) in [5, 5.41) is 21.1. The van der Waals surface area contributed by atoms with E-state index in [9.17, 15) is 18.0 Å². The van der Waals surface area contributed by atoms with Gasteiger partial charge in [0.15, 0.2) is 11.5 Å². The van der Waals surface area contributed by atoms with Crippen molar-refractivity contribution >= 4 is 23.4 Å². The quantitative estimate of drug-likeness (QED) is 0.109. The molecule has 4 aromatic rings. The fourth-order valence-electron chi connectivity index (χ4n) is 3.82. The van der Waals surface area contributed by atoms with E-state index >= 15 is 0 Å². The molecule has 1 amide bonds. The molecule has 0 aliphatic rings. The zero-order valence-electron chi connectivity index (χ0n) is 23.6. The number of ether oxygens (including phenoxy) is 2. The molecular weight excluding hydrogens is 577 g/mol. The number of methoxy groups -OCH3 is 1. The van der Waals surface area contributed by atoms with Crippen LogP contribution in [0.15, 0.2) is 103 Å². The molecule has 0 saturated carbocycles. The smallest absolute Gasteiger partial charge is 0.490 e. The number of nitrogens with two attached hydrogens (primary N) is 1. The SMILES string of the molecule is COc1cc(C(Nc2ccc(C(=N)N)cc2)C(=O)NCc2ccccc2)ccc1OCc1ccccc1.O=C(O)C(F)(F)F. The molecule has 1 atom stereocenters. The summed E-state index contributed by atoms with van der Waals surface area (Å²) in [6.45, 7) is 0.800. The Morgan fingerprint density at radius 1 is 0.886 bits per heavy atom. The second kappa shape index (κ2) is 15.6. The zero-order valence-corrected chi connectivity index (χ0v) is 23.6. The van der Waals surface area contributed by atoms with Gasteiger partial charge < -0.3 is 30.9 Å². The van der Waals surface area contributed by atoms with Crippen molar-refractivity contribution in [2.45, 2.75) is 25.4 Å². The topological polar surface area (TPSA) is 147 Å². The Hall–Kier alpha value is -5.52. The summed E-state index contributed by atoms with van der Waals surface area (Å²) in [6, 6.07) is 31.5. The Morgan fingerprint density at radius 3 is 1.98 bits per heavy atom. The molecule has 0 aliphatic heterocycles. The monoisotopic (exact) mass is 608 g/mol. The highest BCUT2D eigenvalue weighted by Crippen LogP contribution is 2.32. The Bertz CT molecular complexity index is 1530. The maximum Gasteiger partial charge on any atom is 0.490 e. The Balaban J connectivity index is 0.000000676. The van der Waals surface area contributed by atoms with E-state index in [2.05, 4.69) is 10.6 Å². The molecule has 0 radical (unpaired) electrons. The van der Waals surface area contributed by atoms with Crippen molar-refractivity contribution in [3.8, 4) is 11.5 Å². The first kappa shape index (κ1) is 33.0. The lowest BCUT2D eigenvalue weighted by molar-refractivity contribution is -0.192. The average Bonchev–Trinajstić information content (AvgIpc) is 3.02. The van der Waals surface area contributed by atoms with Crippen molar-refractivity contribution in [3.05, 3.63) is 125 Å². The number of nitrogens with one attached hydrogen (secondary N) is 3. The number of aliphatic carboxylic acids is 1. The molecule has 6 N–H and O–H groups in total. The lowest BCUT2D eigenvalue weighted by atomic mass is 10.0. The van der Waals surface area contributed by atoms with Gasteiger partial charge in [-0.1, -0.05) is 66.7 Å². The van der Waals surface area contributed by atoms with E-state index in [1.165, 1.54) is 0 Å². The van der Waals surface area contributed by atoms with Gasteiger partial charge in [-0.25, -0.2) is 4.79 Å². The van der Waals surface area contributed by atoms with Crippen LogP contribution in [-0.2, 0) is 22.7 Å². The number of halogens is 3. The number of carbonyl (C=O) groups is 2. The maximum absolute atomic E-state index is 13.4. The van der Waals surface area contributed by atoms with Crippen LogP contribution in [0, 0.1) is 5.41 Å². The summed E-state index contributed by atoms with van der Waals surface area (Å²) >= 11 is 0. The van der Waals surface area contributed by atoms with Gasteiger partial charge in [0.05, 0.1) is 7.11 Å². The minimum Gasteiger partial charge on any atom is -0.493 e. The number of carboxylic acid groups (broad SMARTS) is 1. The van der Waals surface area contributed by atoms with Crippen LogP contribution >= 0.6 is 0 Å². The summed E-state index contributed by atoms with van der Waals surface area (Å²) in [5.41, 5.74) is 9.66. The molecule has 0 spiro atoms. The standard InChI is InChI=1S/C30H30N4O3.C2HF3O2/c1-36-27-18-24(14-17-26(27)37-20-22-10-6-3-7-11-22)28(30(35)33-19-21-8-4-2-5-9-21)34-25-15-12-23(13-16-25)29(31)32;3-2(4,5)1(6)7/h2-18,28,34H,19-20H2,1H3,(H3,31,32)(H,33,35);(H,6,7). The molecule has 230 valence electrons. The first-order chi connectivity index (χ1) is 21.0. The third-order valence-corrected chi connectivity index (χ3v) is 6.08. The van der Waals surface area contributed by atoms with E-state index in [4.69, 9.17) is 30.5 Å². The number of hydrogen-bond donors (Lipinski definition) is 5. The molecule has 0 aliphatic carbocycles. The molecule has 44 heavy (non-hydrogen) atoms. The number of amides is 1. The highest BCUT2D eigenvalue weighted by atomic mass is 19.4. The molecule has 0 bridgehead atoms. The van der Waals surface area contributed by atoms with Gasteiger partial charge in [-0.05, 0) is 53.1 Å².